The van der Waals surface area contributed by atoms with Crippen molar-refractivity contribution in [1.82, 2.24) is 15.5 Å². The van der Waals surface area contributed by atoms with E-state index in [9.17, 15) is 4.79 Å². The zero-order valence-corrected chi connectivity index (χ0v) is 15.0. The van der Waals surface area contributed by atoms with E-state index in [1.807, 2.05) is 31.4 Å². The number of carbonyl (C=O) groups excluding carboxylic acids is 1. The number of rotatable bonds is 8. The molecule has 0 radical (unpaired) electrons. The van der Waals surface area contributed by atoms with E-state index in [1.54, 1.807) is 11.3 Å². The first-order chi connectivity index (χ1) is 10.6. The van der Waals surface area contributed by atoms with E-state index >= 15 is 0 Å². The number of nitrogens with one attached hydrogen (secondary N) is 1. The molecule has 0 aliphatic carbocycles. The van der Waals surface area contributed by atoms with Crippen LogP contribution in [0.2, 0.25) is 0 Å². The number of hydrogen-bond acceptors (Lipinski definition) is 6. The number of aryl methyl sites for hydroxylation is 1. The molecule has 0 aliphatic rings. The second-order valence-electron chi connectivity index (χ2n) is 5.34. The molecule has 0 spiro atoms. The van der Waals surface area contributed by atoms with Gasteiger partial charge in [-0.1, -0.05) is 25.1 Å². The van der Waals surface area contributed by atoms with Gasteiger partial charge in [-0.05, 0) is 24.3 Å². The molecule has 2 heterocycles. The van der Waals surface area contributed by atoms with Gasteiger partial charge in [0.15, 0.2) is 0 Å². The van der Waals surface area contributed by atoms with Crippen LogP contribution in [-0.2, 0) is 11.2 Å². The highest BCUT2D eigenvalue weighted by atomic mass is 35.5. The van der Waals surface area contributed by atoms with Gasteiger partial charge in [0.25, 0.3) is 0 Å². The number of nitrogens with zero attached hydrogens (tertiary/aromatic N) is 2. The van der Waals surface area contributed by atoms with Crippen LogP contribution in [0.4, 0.5) is 0 Å². The summed E-state index contributed by atoms with van der Waals surface area (Å²) in [4.78, 5) is 17.1. The Labute approximate surface area is 146 Å². The van der Waals surface area contributed by atoms with Gasteiger partial charge in [-0.2, -0.15) is 4.98 Å². The van der Waals surface area contributed by atoms with E-state index in [-0.39, 0.29) is 23.9 Å². The molecule has 6 nitrogen and oxygen atoms in total. The van der Waals surface area contributed by atoms with E-state index < -0.39 is 0 Å². The molecular formula is C15H23ClN4O2S. The number of aromatic nitrogens is 2. The van der Waals surface area contributed by atoms with Crippen LogP contribution in [0, 0.1) is 0 Å². The molecule has 1 amide bonds. The Kier molecular flexibility index (Phi) is 7.67. The zero-order valence-electron chi connectivity index (χ0n) is 13.4. The molecule has 23 heavy (non-hydrogen) atoms. The van der Waals surface area contributed by atoms with Crippen molar-refractivity contribution >= 4 is 29.7 Å². The summed E-state index contributed by atoms with van der Waals surface area (Å²) in [7, 11) is 0. The molecule has 0 fully saturated rings. The van der Waals surface area contributed by atoms with E-state index in [4.69, 9.17) is 10.3 Å². The molecule has 3 N–H and O–H groups in total. The van der Waals surface area contributed by atoms with Gasteiger partial charge in [0.2, 0.25) is 17.6 Å². The molecule has 128 valence electrons. The third kappa shape index (κ3) is 5.60. The predicted octanol–water partition coefficient (Wildman–Crippen LogP) is 2.79. The maximum atomic E-state index is 11.9. The Balaban J connectivity index is 0.00000264. The van der Waals surface area contributed by atoms with E-state index in [2.05, 4.69) is 15.5 Å². The average Bonchev–Trinajstić information content (AvgIpc) is 3.21. The fourth-order valence-electron chi connectivity index (χ4n) is 1.95. The van der Waals surface area contributed by atoms with Crippen molar-refractivity contribution < 1.29 is 9.32 Å². The molecule has 2 aromatic rings. The smallest absolute Gasteiger partial charge is 0.227 e. The Morgan fingerprint density at radius 1 is 1.43 bits per heavy atom. The van der Waals surface area contributed by atoms with Gasteiger partial charge >= 0.3 is 0 Å². The third-order valence-corrected chi connectivity index (χ3v) is 4.69. The van der Waals surface area contributed by atoms with Crippen LogP contribution in [0.3, 0.4) is 0 Å². The molecule has 0 unspecified atom stereocenters. The first-order valence-corrected chi connectivity index (χ1v) is 8.36. The maximum Gasteiger partial charge on any atom is 0.227 e. The number of thiophene rings is 1. The molecule has 0 bridgehead atoms. The van der Waals surface area contributed by atoms with E-state index in [0.717, 1.165) is 17.7 Å². The van der Waals surface area contributed by atoms with Gasteiger partial charge in [0.05, 0.1) is 4.88 Å². The number of carbonyl (C=O) groups is 1. The van der Waals surface area contributed by atoms with Crippen molar-refractivity contribution in [3.05, 3.63) is 23.4 Å². The van der Waals surface area contributed by atoms with Crippen molar-refractivity contribution in [1.29, 1.82) is 0 Å². The minimum absolute atomic E-state index is 0. The van der Waals surface area contributed by atoms with Crippen molar-refractivity contribution in [3.8, 4) is 10.7 Å². The summed E-state index contributed by atoms with van der Waals surface area (Å²) in [5.41, 5.74) is 5.83. The third-order valence-electron chi connectivity index (χ3n) is 3.82. The van der Waals surface area contributed by atoms with E-state index in [1.165, 1.54) is 0 Å². The van der Waals surface area contributed by atoms with Gasteiger partial charge in [-0.15, -0.1) is 23.7 Å². The lowest BCUT2D eigenvalue weighted by atomic mass is 9.94. The minimum atomic E-state index is -0.327. The molecule has 0 aliphatic heterocycles. The highest BCUT2D eigenvalue weighted by Crippen LogP contribution is 2.21. The monoisotopic (exact) mass is 358 g/mol. The molecule has 0 aromatic carbocycles. The van der Waals surface area contributed by atoms with Crippen molar-refractivity contribution in [2.45, 2.75) is 45.1 Å². The predicted molar refractivity (Wildman–Crippen MR) is 93.7 cm³/mol. The quantitative estimate of drug-likeness (QED) is 0.756. The highest BCUT2D eigenvalue weighted by molar-refractivity contribution is 7.13. The molecule has 2 aromatic heterocycles. The van der Waals surface area contributed by atoms with Crippen molar-refractivity contribution in [3.63, 3.8) is 0 Å². The lowest BCUT2D eigenvalue weighted by Gasteiger charge is -2.26. The van der Waals surface area contributed by atoms with Crippen molar-refractivity contribution in [2.75, 3.05) is 6.54 Å². The molecule has 0 saturated carbocycles. The van der Waals surface area contributed by atoms with Gasteiger partial charge in [0, 0.05) is 24.9 Å². The van der Waals surface area contributed by atoms with Crippen LogP contribution < -0.4 is 11.1 Å². The molecular weight excluding hydrogens is 336 g/mol. The largest absolute Gasteiger partial charge is 0.354 e. The maximum absolute atomic E-state index is 11.9. The second kappa shape index (κ2) is 9.00. The van der Waals surface area contributed by atoms with Crippen LogP contribution in [0.15, 0.2) is 22.0 Å². The fourth-order valence-corrected chi connectivity index (χ4v) is 2.59. The van der Waals surface area contributed by atoms with Gasteiger partial charge < -0.3 is 15.6 Å². The highest BCUT2D eigenvalue weighted by Gasteiger charge is 2.21. The Morgan fingerprint density at radius 3 is 2.78 bits per heavy atom. The summed E-state index contributed by atoms with van der Waals surface area (Å²) in [5.74, 6) is 1.000. The number of halogens is 1. The number of hydrogen-bond donors (Lipinski definition) is 2. The zero-order chi connectivity index (χ0) is 16.0. The van der Waals surface area contributed by atoms with Crippen LogP contribution >= 0.6 is 23.7 Å². The van der Waals surface area contributed by atoms with Crippen LogP contribution in [0.25, 0.3) is 10.7 Å². The van der Waals surface area contributed by atoms with Crippen LogP contribution in [0.5, 0.6) is 0 Å². The van der Waals surface area contributed by atoms with Gasteiger partial charge in [-0.3, -0.25) is 4.79 Å². The minimum Gasteiger partial charge on any atom is -0.354 e. The van der Waals surface area contributed by atoms with E-state index in [0.29, 0.717) is 31.1 Å². The molecule has 0 saturated heterocycles. The first kappa shape index (κ1) is 19.6. The Morgan fingerprint density at radius 2 is 2.17 bits per heavy atom. The first-order valence-electron chi connectivity index (χ1n) is 7.48. The number of amides is 1. The molecule has 2 rings (SSSR count). The number of nitrogens with two attached hydrogens (primary N) is 1. The Hall–Kier alpha value is -1.44. The summed E-state index contributed by atoms with van der Waals surface area (Å²) >= 11 is 1.55. The summed E-state index contributed by atoms with van der Waals surface area (Å²) in [6, 6.07) is 3.87. The van der Waals surface area contributed by atoms with Crippen LogP contribution in [-0.4, -0.2) is 28.1 Å². The van der Waals surface area contributed by atoms with Gasteiger partial charge in [-0.25, -0.2) is 0 Å². The average molecular weight is 359 g/mol. The van der Waals surface area contributed by atoms with Gasteiger partial charge in [0.1, 0.15) is 0 Å². The fraction of sp³-hybridized carbons (Fsp3) is 0.533. The summed E-state index contributed by atoms with van der Waals surface area (Å²) in [6.07, 6.45) is 2.41. The van der Waals surface area contributed by atoms with Crippen molar-refractivity contribution in [2.24, 2.45) is 5.73 Å². The summed E-state index contributed by atoms with van der Waals surface area (Å²) < 4.78 is 5.17. The second-order valence-corrected chi connectivity index (χ2v) is 6.28. The normalized spacial score (nSPS) is 11.1. The lowest BCUT2D eigenvalue weighted by molar-refractivity contribution is -0.121. The molecule has 8 heteroatoms. The molecule has 0 atom stereocenters. The van der Waals surface area contributed by atoms with Crippen LogP contribution in [0.1, 0.15) is 39.0 Å². The summed E-state index contributed by atoms with van der Waals surface area (Å²) in [6.45, 7) is 4.55. The summed E-state index contributed by atoms with van der Waals surface area (Å²) in [5, 5.41) is 8.76. The topological polar surface area (TPSA) is 94.0 Å². The SMILES string of the molecule is CCC(N)(CC)CNC(=O)CCc1nc(-c2cccs2)no1.Cl. The standard InChI is InChI=1S/C15H22N4O2S.ClH/c1-3-15(16,4-2)10-17-12(20)7-8-13-18-14(19-21-13)11-6-5-9-22-11;/h5-6,9H,3-4,7-8,10,16H2,1-2H3,(H,17,20);1H. The Bertz CT molecular complexity index is 596. The lowest BCUT2D eigenvalue weighted by Crippen LogP contribution is -2.49.